The second-order valence-electron chi connectivity index (χ2n) is 3.41. The Hall–Kier alpha value is -1.13. The molecule has 2 aromatic rings. The van der Waals surface area contributed by atoms with Gasteiger partial charge in [-0.3, -0.25) is 5.10 Å². The van der Waals surface area contributed by atoms with E-state index in [0.29, 0.717) is 0 Å². The Labute approximate surface area is 93.5 Å². The van der Waals surface area contributed by atoms with Crippen molar-refractivity contribution in [1.82, 2.24) is 15.5 Å². The van der Waals surface area contributed by atoms with Crippen molar-refractivity contribution in [2.45, 2.75) is 26.4 Å². The molecule has 0 aromatic carbocycles. The maximum atomic E-state index is 3.90. The Kier molecular flexibility index (Phi) is 3.53. The second kappa shape index (κ2) is 5.09. The van der Waals surface area contributed by atoms with Gasteiger partial charge in [-0.05, 0) is 24.6 Å². The molecule has 0 spiro atoms. The molecule has 2 heterocycles. The van der Waals surface area contributed by atoms with Crippen molar-refractivity contribution in [2.24, 2.45) is 0 Å². The molecule has 0 saturated heterocycles. The third kappa shape index (κ3) is 2.91. The monoisotopic (exact) mass is 221 g/mol. The van der Waals surface area contributed by atoms with E-state index >= 15 is 0 Å². The largest absolute Gasteiger partial charge is 0.306 e. The fourth-order valence-corrected chi connectivity index (χ4v) is 2.34. The Morgan fingerprint density at radius 1 is 1.27 bits per heavy atom. The highest BCUT2D eigenvalue weighted by atomic mass is 32.1. The number of hydrogen-bond acceptors (Lipinski definition) is 3. The predicted molar refractivity (Wildman–Crippen MR) is 62.8 cm³/mol. The van der Waals surface area contributed by atoms with Crippen LogP contribution in [-0.4, -0.2) is 10.2 Å². The van der Waals surface area contributed by atoms with Gasteiger partial charge in [0.05, 0.1) is 0 Å². The molecule has 0 unspecified atom stereocenters. The number of nitrogens with one attached hydrogen (secondary N) is 2. The van der Waals surface area contributed by atoms with E-state index in [9.17, 15) is 0 Å². The van der Waals surface area contributed by atoms with Crippen LogP contribution in [0, 0.1) is 0 Å². The third-order valence-corrected chi connectivity index (χ3v) is 3.47. The van der Waals surface area contributed by atoms with Crippen LogP contribution < -0.4 is 5.32 Å². The lowest BCUT2D eigenvalue weighted by Crippen LogP contribution is -2.11. The fraction of sp³-hybridized carbons (Fsp3) is 0.364. The molecule has 2 N–H and O–H groups in total. The zero-order chi connectivity index (χ0) is 10.5. The molecule has 4 heteroatoms. The van der Waals surface area contributed by atoms with Crippen molar-refractivity contribution < 1.29 is 0 Å². The van der Waals surface area contributed by atoms with Crippen LogP contribution in [-0.2, 0) is 19.5 Å². The van der Waals surface area contributed by atoms with Crippen molar-refractivity contribution in [3.63, 3.8) is 0 Å². The van der Waals surface area contributed by atoms with Crippen LogP contribution in [0.2, 0.25) is 0 Å². The molecule has 0 aliphatic carbocycles. The summed E-state index contributed by atoms with van der Waals surface area (Å²) in [6.45, 7) is 3.97. The van der Waals surface area contributed by atoms with Gasteiger partial charge in [0.2, 0.25) is 0 Å². The molecule has 0 fully saturated rings. The van der Waals surface area contributed by atoms with Crippen molar-refractivity contribution in [1.29, 1.82) is 0 Å². The van der Waals surface area contributed by atoms with E-state index in [1.54, 1.807) is 6.20 Å². The highest BCUT2D eigenvalue weighted by Crippen LogP contribution is 2.16. The van der Waals surface area contributed by atoms with Gasteiger partial charge in [-0.15, -0.1) is 11.3 Å². The molecule has 0 atom stereocenters. The standard InChI is InChI=1S/C11H15N3S/c1-2-10-3-4-11(15-10)8-12-7-9-5-6-13-14-9/h3-6,12H,2,7-8H2,1H3,(H,13,14). The molecular formula is C11H15N3S. The van der Waals surface area contributed by atoms with Crippen molar-refractivity contribution in [2.75, 3.05) is 0 Å². The number of rotatable bonds is 5. The lowest BCUT2D eigenvalue weighted by atomic mass is 10.3. The van der Waals surface area contributed by atoms with Crippen LogP contribution in [0.4, 0.5) is 0 Å². The highest BCUT2D eigenvalue weighted by Gasteiger charge is 1.98. The van der Waals surface area contributed by atoms with Crippen LogP contribution in [0.25, 0.3) is 0 Å². The van der Waals surface area contributed by atoms with Gasteiger partial charge in [-0.25, -0.2) is 0 Å². The van der Waals surface area contributed by atoms with Crippen LogP contribution in [0.1, 0.15) is 22.4 Å². The lowest BCUT2D eigenvalue weighted by Gasteiger charge is -1.99. The van der Waals surface area contributed by atoms with Crippen LogP contribution in [0.5, 0.6) is 0 Å². The van der Waals surface area contributed by atoms with E-state index in [1.165, 1.54) is 9.75 Å². The summed E-state index contributed by atoms with van der Waals surface area (Å²) in [7, 11) is 0. The minimum absolute atomic E-state index is 0.847. The number of H-pyrrole nitrogens is 1. The summed E-state index contributed by atoms with van der Waals surface area (Å²) < 4.78 is 0. The molecule has 3 nitrogen and oxygen atoms in total. The first kappa shape index (κ1) is 10.4. The topological polar surface area (TPSA) is 40.7 Å². The first-order valence-corrected chi connectivity index (χ1v) is 5.96. The average molecular weight is 221 g/mol. The van der Waals surface area contributed by atoms with Crippen LogP contribution in [0.3, 0.4) is 0 Å². The zero-order valence-corrected chi connectivity index (χ0v) is 9.60. The van der Waals surface area contributed by atoms with Gasteiger partial charge in [0.15, 0.2) is 0 Å². The van der Waals surface area contributed by atoms with E-state index < -0.39 is 0 Å². The number of aromatic nitrogens is 2. The molecule has 2 aromatic heterocycles. The van der Waals surface area contributed by atoms with Crippen LogP contribution in [0.15, 0.2) is 24.4 Å². The number of nitrogens with zero attached hydrogens (tertiary/aromatic N) is 1. The summed E-state index contributed by atoms with van der Waals surface area (Å²) in [5, 5.41) is 10.2. The fourth-order valence-electron chi connectivity index (χ4n) is 1.41. The molecule has 0 aliphatic heterocycles. The summed E-state index contributed by atoms with van der Waals surface area (Å²) in [5.41, 5.74) is 1.13. The Balaban J connectivity index is 1.78. The molecule has 80 valence electrons. The van der Waals surface area contributed by atoms with Crippen LogP contribution >= 0.6 is 11.3 Å². The third-order valence-electron chi connectivity index (χ3n) is 2.24. The lowest BCUT2D eigenvalue weighted by molar-refractivity contribution is 0.684. The molecule has 2 rings (SSSR count). The molecule has 0 bridgehead atoms. The Morgan fingerprint density at radius 3 is 2.80 bits per heavy atom. The molecule has 0 saturated carbocycles. The van der Waals surface area contributed by atoms with E-state index in [-0.39, 0.29) is 0 Å². The summed E-state index contributed by atoms with van der Waals surface area (Å²) in [5.74, 6) is 0. The van der Waals surface area contributed by atoms with Gasteiger partial charge in [0.25, 0.3) is 0 Å². The summed E-state index contributed by atoms with van der Waals surface area (Å²) in [4.78, 5) is 2.85. The molecule has 0 amide bonds. The quantitative estimate of drug-likeness (QED) is 0.813. The zero-order valence-electron chi connectivity index (χ0n) is 8.79. The molecule has 0 aliphatic rings. The van der Waals surface area contributed by atoms with E-state index in [1.807, 2.05) is 17.4 Å². The van der Waals surface area contributed by atoms with E-state index in [4.69, 9.17) is 0 Å². The van der Waals surface area contributed by atoms with Gasteiger partial charge in [0.1, 0.15) is 0 Å². The molecule has 0 radical (unpaired) electrons. The normalized spacial score (nSPS) is 10.7. The summed E-state index contributed by atoms with van der Waals surface area (Å²) >= 11 is 1.88. The van der Waals surface area contributed by atoms with Crippen molar-refractivity contribution in [3.05, 3.63) is 39.8 Å². The Bertz CT molecular complexity index is 392. The van der Waals surface area contributed by atoms with E-state index in [0.717, 1.165) is 25.2 Å². The van der Waals surface area contributed by atoms with Gasteiger partial charge in [-0.1, -0.05) is 6.92 Å². The van der Waals surface area contributed by atoms with E-state index in [2.05, 4.69) is 34.6 Å². The Morgan fingerprint density at radius 2 is 2.13 bits per heavy atom. The second-order valence-corrected chi connectivity index (χ2v) is 4.66. The number of hydrogen-bond donors (Lipinski definition) is 2. The van der Waals surface area contributed by atoms with Gasteiger partial charge in [-0.2, -0.15) is 5.10 Å². The maximum Gasteiger partial charge on any atom is 0.0490 e. The first-order valence-electron chi connectivity index (χ1n) is 5.15. The number of aryl methyl sites for hydroxylation is 1. The minimum Gasteiger partial charge on any atom is -0.306 e. The molecular weight excluding hydrogens is 206 g/mol. The van der Waals surface area contributed by atoms with Crippen molar-refractivity contribution >= 4 is 11.3 Å². The number of aromatic amines is 1. The average Bonchev–Trinajstić information content (AvgIpc) is 2.88. The van der Waals surface area contributed by atoms with Crippen molar-refractivity contribution in [3.8, 4) is 0 Å². The van der Waals surface area contributed by atoms with Gasteiger partial charge >= 0.3 is 0 Å². The SMILES string of the molecule is CCc1ccc(CNCc2ccn[nH]2)s1. The number of thiophene rings is 1. The predicted octanol–water partition coefficient (Wildman–Crippen LogP) is 2.32. The summed E-state index contributed by atoms with van der Waals surface area (Å²) in [6.07, 6.45) is 2.91. The maximum absolute atomic E-state index is 3.90. The van der Waals surface area contributed by atoms with Gasteiger partial charge < -0.3 is 5.32 Å². The molecule has 15 heavy (non-hydrogen) atoms. The smallest absolute Gasteiger partial charge is 0.0490 e. The summed E-state index contributed by atoms with van der Waals surface area (Å²) in [6, 6.07) is 6.39. The minimum atomic E-state index is 0.847. The highest BCUT2D eigenvalue weighted by molar-refractivity contribution is 7.11. The van der Waals surface area contributed by atoms with Gasteiger partial charge in [0, 0.05) is 34.7 Å². The first-order chi connectivity index (χ1) is 7.38.